The highest BCUT2D eigenvalue weighted by Crippen LogP contribution is 2.08. The quantitative estimate of drug-likeness (QED) is 0.583. The average Bonchev–Trinajstić information content (AvgIpc) is 2.03. The van der Waals surface area contributed by atoms with Gasteiger partial charge in [-0.3, -0.25) is 15.3 Å². The molecule has 0 bridgehead atoms. The number of piperidine rings is 1. The van der Waals surface area contributed by atoms with Crippen LogP contribution in [0.15, 0.2) is 0 Å². The Bertz CT molecular complexity index is 141. The topological polar surface area (TPSA) is 38.7 Å². The number of nitrogens with one attached hydrogen (secondary N) is 1. The van der Waals surface area contributed by atoms with Crippen LogP contribution in [0.2, 0.25) is 0 Å². The van der Waals surface area contributed by atoms with E-state index in [-0.39, 0.29) is 6.10 Å². The Morgan fingerprint density at radius 2 is 2.31 bits per heavy atom. The number of β-amino-alcohol motifs (C(OH)–C–C–N with tert-alkyl or cyclic N) is 1. The molecule has 4 heteroatoms. The average molecular weight is 187 g/mol. The van der Waals surface area contributed by atoms with Crippen LogP contribution in [-0.4, -0.2) is 61.4 Å². The van der Waals surface area contributed by atoms with Crippen LogP contribution < -0.4 is 5.43 Å². The monoisotopic (exact) mass is 187 g/mol. The van der Waals surface area contributed by atoms with Crippen LogP contribution in [-0.2, 0) is 0 Å². The van der Waals surface area contributed by atoms with Crippen LogP contribution in [0, 0.1) is 0 Å². The third-order valence-electron chi connectivity index (χ3n) is 2.34. The highest BCUT2D eigenvalue weighted by atomic mass is 16.3. The molecule has 0 saturated carbocycles. The number of hydrogen-bond acceptors (Lipinski definition) is 4. The van der Waals surface area contributed by atoms with Crippen LogP contribution in [0.5, 0.6) is 0 Å². The van der Waals surface area contributed by atoms with Gasteiger partial charge in [0.2, 0.25) is 0 Å². The Kier molecular flexibility index (Phi) is 4.66. The highest BCUT2D eigenvalue weighted by Gasteiger charge is 2.16. The molecular weight excluding hydrogens is 166 g/mol. The Morgan fingerprint density at radius 1 is 1.54 bits per heavy atom. The largest absolute Gasteiger partial charge is 0.392 e. The molecule has 1 aliphatic heterocycles. The van der Waals surface area contributed by atoms with Gasteiger partial charge in [-0.15, -0.1) is 0 Å². The van der Waals surface area contributed by atoms with Gasteiger partial charge in [0.15, 0.2) is 0 Å². The van der Waals surface area contributed by atoms with Crippen molar-refractivity contribution in [3.05, 3.63) is 0 Å². The van der Waals surface area contributed by atoms with Crippen LogP contribution >= 0.6 is 0 Å². The lowest BCUT2D eigenvalue weighted by Gasteiger charge is -2.30. The Hall–Kier alpha value is -0.160. The van der Waals surface area contributed by atoms with Crippen molar-refractivity contribution in [3.8, 4) is 0 Å². The van der Waals surface area contributed by atoms with Gasteiger partial charge in [0, 0.05) is 33.7 Å². The molecular formula is C9H21N3O. The molecule has 2 N–H and O–H groups in total. The van der Waals surface area contributed by atoms with E-state index in [9.17, 15) is 5.11 Å². The third-order valence-corrected chi connectivity index (χ3v) is 2.34. The van der Waals surface area contributed by atoms with Crippen LogP contribution in [0.1, 0.15) is 12.8 Å². The number of rotatable bonds is 4. The fourth-order valence-electron chi connectivity index (χ4n) is 1.67. The van der Waals surface area contributed by atoms with Gasteiger partial charge in [0.1, 0.15) is 0 Å². The minimum atomic E-state index is -0.104. The lowest BCUT2D eigenvalue weighted by atomic mass is 10.1. The summed E-state index contributed by atoms with van der Waals surface area (Å²) in [6, 6.07) is 0. The lowest BCUT2D eigenvalue weighted by molar-refractivity contribution is 0.0686. The van der Waals surface area contributed by atoms with Crippen molar-refractivity contribution in [2.75, 3.05) is 40.3 Å². The molecule has 1 fully saturated rings. The highest BCUT2D eigenvalue weighted by molar-refractivity contribution is 4.71. The van der Waals surface area contributed by atoms with Crippen LogP contribution in [0.25, 0.3) is 0 Å². The number of aliphatic hydroxyl groups excluding tert-OH is 1. The summed E-state index contributed by atoms with van der Waals surface area (Å²) in [4.78, 5) is 2.31. The van der Waals surface area contributed by atoms with E-state index in [0.717, 1.165) is 39.0 Å². The van der Waals surface area contributed by atoms with E-state index in [1.807, 2.05) is 19.1 Å². The summed E-state index contributed by atoms with van der Waals surface area (Å²) >= 11 is 0. The van der Waals surface area contributed by atoms with Gasteiger partial charge in [0.25, 0.3) is 0 Å². The summed E-state index contributed by atoms with van der Waals surface area (Å²) in [7, 11) is 3.98. The molecule has 0 amide bonds. The minimum absolute atomic E-state index is 0.104. The summed E-state index contributed by atoms with van der Waals surface area (Å²) in [5.74, 6) is 0. The summed E-state index contributed by atoms with van der Waals surface area (Å²) in [5.41, 5.74) is 3.22. The van der Waals surface area contributed by atoms with E-state index in [1.165, 1.54) is 0 Å². The molecule has 1 aliphatic rings. The molecule has 13 heavy (non-hydrogen) atoms. The van der Waals surface area contributed by atoms with Crippen molar-refractivity contribution in [2.24, 2.45) is 0 Å². The number of aliphatic hydroxyl groups is 1. The summed E-state index contributed by atoms with van der Waals surface area (Å²) in [6.45, 7) is 3.95. The predicted molar refractivity (Wildman–Crippen MR) is 53.4 cm³/mol. The van der Waals surface area contributed by atoms with Gasteiger partial charge < -0.3 is 5.11 Å². The lowest BCUT2D eigenvalue weighted by Crippen LogP contribution is -2.43. The zero-order valence-electron chi connectivity index (χ0n) is 8.66. The summed E-state index contributed by atoms with van der Waals surface area (Å²) in [5, 5.41) is 11.4. The van der Waals surface area contributed by atoms with E-state index in [0.29, 0.717) is 0 Å². The minimum Gasteiger partial charge on any atom is -0.392 e. The van der Waals surface area contributed by atoms with Crippen molar-refractivity contribution in [2.45, 2.75) is 18.9 Å². The van der Waals surface area contributed by atoms with E-state index in [4.69, 9.17) is 0 Å². The molecule has 4 nitrogen and oxygen atoms in total. The zero-order chi connectivity index (χ0) is 9.68. The standard InChI is InChI=1S/C9H21N3O/c1-11(2)10-5-7-12-6-3-4-9(13)8-12/h9-10,13H,3-8H2,1-2H3. The molecule has 78 valence electrons. The van der Waals surface area contributed by atoms with Gasteiger partial charge in [-0.1, -0.05) is 0 Å². The van der Waals surface area contributed by atoms with E-state index in [2.05, 4.69) is 10.3 Å². The van der Waals surface area contributed by atoms with Crippen molar-refractivity contribution < 1.29 is 5.11 Å². The molecule has 1 unspecified atom stereocenters. The van der Waals surface area contributed by atoms with E-state index >= 15 is 0 Å². The molecule has 1 heterocycles. The zero-order valence-corrected chi connectivity index (χ0v) is 8.66. The molecule has 0 aromatic heterocycles. The first-order chi connectivity index (χ1) is 6.18. The van der Waals surface area contributed by atoms with Crippen molar-refractivity contribution in [1.82, 2.24) is 15.3 Å². The normalized spacial score (nSPS) is 25.4. The fourth-order valence-corrected chi connectivity index (χ4v) is 1.67. The number of nitrogens with zero attached hydrogens (tertiary/aromatic N) is 2. The first kappa shape index (κ1) is 10.9. The molecule has 1 rings (SSSR count). The summed E-state index contributed by atoms with van der Waals surface area (Å²) < 4.78 is 0. The van der Waals surface area contributed by atoms with Gasteiger partial charge in [-0.2, -0.15) is 0 Å². The second-order valence-electron chi connectivity index (χ2n) is 3.90. The van der Waals surface area contributed by atoms with E-state index < -0.39 is 0 Å². The Morgan fingerprint density at radius 3 is 2.92 bits per heavy atom. The van der Waals surface area contributed by atoms with Crippen molar-refractivity contribution in [1.29, 1.82) is 0 Å². The smallest absolute Gasteiger partial charge is 0.0667 e. The maximum absolute atomic E-state index is 9.42. The first-order valence-corrected chi connectivity index (χ1v) is 4.99. The Labute approximate surface area is 80.5 Å². The SMILES string of the molecule is CN(C)NCCN1CCCC(O)C1. The molecule has 1 saturated heterocycles. The second kappa shape index (κ2) is 5.54. The Balaban J connectivity index is 2.06. The van der Waals surface area contributed by atoms with Gasteiger partial charge in [0.05, 0.1) is 6.10 Å². The van der Waals surface area contributed by atoms with Gasteiger partial charge >= 0.3 is 0 Å². The van der Waals surface area contributed by atoms with Gasteiger partial charge in [-0.25, -0.2) is 0 Å². The molecule has 0 aromatic carbocycles. The predicted octanol–water partition coefficient (Wildman–Crippen LogP) is -0.491. The van der Waals surface area contributed by atoms with Crippen LogP contribution in [0.4, 0.5) is 0 Å². The maximum atomic E-state index is 9.42. The molecule has 0 spiro atoms. The summed E-state index contributed by atoms with van der Waals surface area (Å²) in [6.07, 6.45) is 1.99. The number of hydrazine groups is 1. The third kappa shape index (κ3) is 4.57. The first-order valence-electron chi connectivity index (χ1n) is 4.99. The van der Waals surface area contributed by atoms with Crippen molar-refractivity contribution >= 4 is 0 Å². The molecule has 0 aromatic rings. The number of hydrogen-bond donors (Lipinski definition) is 2. The van der Waals surface area contributed by atoms with E-state index in [1.54, 1.807) is 0 Å². The fraction of sp³-hybridized carbons (Fsp3) is 1.00. The van der Waals surface area contributed by atoms with Crippen molar-refractivity contribution in [3.63, 3.8) is 0 Å². The molecule has 0 aliphatic carbocycles. The molecule has 0 radical (unpaired) electrons. The molecule has 1 atom stereocenters. The maximum Gasteiger partial charge on any atom is 0.0667 e. The van der Waals surface area contributed by atoms with Crippen LogP contribution in [0.3, 0.4) is 0 Å². The van der Waals surface area contributed by atoms with Gasteiger partial charge in [-0.05, 0) is 19.4 Å². The number of likely N-dealkylation sites (tertiary alicyclic amines) is 1. The second-order valence-corrected chi connectivity index (χ2v) is 3.90.